The molecule has 0 atom stereocenters. The summed E-state index contributed by atoms with van der Waals surface area (Å²) in [6.07, 6.45) is 2.00. The largest absolute Gasteiger partial charge is 0.469 e. The first-order chi connectivity index (χ1) is 8.97. The van der Waals surface area contributed by atoms with Crippen LogP contribution in [0.15, 0.2) is 0 Å². The van der Waals surface area contributed by atoms with Crippen molar-refractivity contribution in [2.24, 2.45) is 0 Å². The smallest absolute Gasteiger partial charge is 0.395 e. The van der Waals surface area contributed by atoms with Gasteiger partial charge in [0.15, 0.2) is 0 Å². The Morgan fingerprint density at radius 3 is 2.05 bits per heavy atom. The highest BCUT2D eigenvalue weighted by molar-refractivity contribution is 7.46. The molecule has 0 bridgehead atoms. The Morgan fingerprint density at radius 2 is 1.63 bits per heavy atom. The van der Waals surface area contributed by atoms with Gasteiger partial charge in [-0.25, -0.2) is 4.57 Å². The van der Waals surface area contributed by atoms with Gasteiger partial charge in [-0.05, 0) is 6.42 Å². The summed E-state index contributed by atoms with van der Waals surface area (Å²) in [5, 5.41) is 19.1. The molecule has 118 valence electrons. The molecule has 0 saturated carbocycles. The molecule has 19 heavy (non-hydrogen) atoms. The molecule has 0 heterocycles. The molecule has 0 aliphatic rings. The summed E-state index contributed by atoms with van der Waals surface area (Å²) in [7, 11) is -4.30. The molecule has 0 aliphatic heterocycles. The minimum absolute atomic E-state index is 0.0615. The quantitative estimate of drug-likeness (QED) is 0.254. The van der Waals surface area contributed by atoms with E-state index in [-0.39, 0.29) is 26.4 Å². The van der Waals surface area contributed by atoms with E-state index >= 15 is 0 Å². The van der Waals surface area contributed by atoms with Gasteiger partial charge in [-0.2, -0.15) is 0 Å². The monoisotopic (exact) mass is 303 g/mol. The summed E-state index contributed by atoms with van der Waals surface area (Å²) in [5.41, 5.74) is 0. The number of phosphoric acid groups is 1. The predicted octanol–water partition coefficient (Wildman–Crippen LogP) is -0.527. The lowest BCUT2D eigenvalue weighted by Gasteiger charge is -2.05. The lowest BCUT2D eigenvalue weighted by molar-refractivity contribution is 0.0839. The molecule has 0 spiro atoms. The van der Waals surface area contributed by atoms with Gasteiger partial charge in [-0.3, -0.25) is 4.52 Å². The zero-order valence-electron chi connectivity index (χ0n) is 11.3. The Kier molecular flexibility index (Phi) is 17.9. The molecular weight excluding hydrogens is 277 g/mol. The van der Waals surface area contributed by atoms with Gasteiger partial charge in [0, 0.05) is 19.7 Å². The molecule has 9 heteroatoms. The molecule has 0 aliphatic carbocycles. The Labute approximate surface area is 114 Å². The van der Waals surface area contributed by atoms with Crippen LogP contribution in [0, 0.1) is 0 Å². The number of rotatable bonds is 11. The second kappa shape index (κ2) is 16.0. The van der Waals surface area contributed by atoms with Gasteiger partial charge in [0.2, 0.25) is 0 Å². The van der Waals surface area contributed by atoms with E-state index in [1.165, 1.54) is 0 Å². The van der Waals surface area contributed by atoms with Crippen LogP contribution in [0.4, 0.5) is 0 Å². The highest BCUT2D eigenvalue weighted by atomic mass is 31.2. The summed E-state index contributed by atoms with van der Waals surface area (Å²) >= 11 is 0. The molecule has 0 aromatic heterocycles. The molecular formula is C10H26NO7P. The van der Waals surface area contributed by atoms with Crippen LogP contribution in [-0.2, 0) is 13.8 Å². The van der Waals surface area contributed by atoms with Crippen molar-refractivity contribution in [2.45, 2.75) is 19.8 Å². The SMILES string of the molecule is CCCCOCCOP(=O)(O)O.OCCNCCO. The zero-order valence-corrected chi connectivity index (χ0v) is 12.2. The fraction of sp³-hybridized carbons (Fsp3) is 1.00. The highest BCUT2D eigenvalue weighted by Gasteiger charge is 2.12. The topological polar surface area (TPSA) is 128 Å². The van der Waals surface area contributed by atoms with E-state index in [0.29, 0.717) is 19.7 Å². The number of hydrogen-bond donors (Lipinski definition) is 5. The van der Waals surface area contributed by atoms with Crippen LogP contribution in [-0.4, -0.2) is 66.1 Å². The van der Waals surface area contributed by atoms with Crippen molar-refractivity contribution < 1.29 is 33.8 Å². The van der Waals surface area contributed by atoms with Gasteiger partial charge in [0.1, 0.15) is 0 Å². The van der Waals surface area contributed by atoms with Gasteiger partial charge in [-0.15, -0.1) is 0 Å². The first kappa shape index (κ1) is 21.3. The third-order valence-electron chi connectivity index (χ3n) is 1.71. The maximum Gasteiger partial charge on any atom is 0.469 e. The zero-order chi connectivity index (χ0) is 15.0. The van der Waals surface area contributed by atoms with Gasteiger partial charge < -0.3 is 30.1 Å². The molecule has 5 N–H and O–H groups in total. The van der Waals surface area contributed by atoms with E-state index in [4.69, 9.17) is 24.7 Å². The van der Waals surface area contributed by atoms with Crippen molar-refractivity contribution in [1.29, 1.82) is 0 Å². The van der Waals surface area contributed by atoms with Crippen molar-refractivity contribution in [1.82, 2.24) is 5.32 Å². The number of ether oxygens (including phenoxy) is 1. The summed E-state index contributed by atoms with van der Waals surface area (Å²) < 4.78 is 19.3. The van der Waals surface area contributed by atoms with Gasteiger partial charge in [-0.1, -0.05) is 13.3 Å². The van der Waals surface area contributed by atoms with Crippen LogP contribution in [0.25, 0.3) is 0 Å². The average molecular weight is 303 g/mol. The van der Waals surface area contributed by atoms with Crippen molar-refractivity contribution in [2.75, 3.05) is 46.1 Å². The van der Waals surface area contributed by atoms with Crippen LogP contribution in [0.2, 0.25) is 0 Å². The van der Waals surface area contributed by atoms with E-state index in [9.17, 15) is 4.57 Å². The number of hydrogen-bond acceptors (Lipinski definition) is 6. The van der Waals surface area contributed by atoms with Crippen LogP contribution >= 0.6 is 7.82 Å². The summed E-state index contributed by atoms with van der Waals surface area (Å²) in [6, 6.07) is 0. The molecule has 0 fully saturated rings. The van der Waals surface area contributed by atoms with E-state index in [1.54, 1.807) is 0 Å². The van der Waals surface area contributed by atoms with E-state index < -0.39 is 7.82 Å². The fourth-order valence-electron chi connectivity index (χ4n) is 0.847. The number of aliphatic hydroxyl groups excluding tert-OH is 2. The lowest BCUT2D eigenvalue weighted by atomic mass is 10.4. The number of nitrogens with one attached hydrogen (secondary N) is 1. The first-order valence-electron chi connectivity index (χ1n) is 6.18. The van der Waals surface area contributed by atoms with Crippen molar-refractivity contribution in [3.8, 4) is 0 Å². The lowest BCUT2D eigenvalue weighted by Crippen LogP contribution is -2.21. The normalized spacial score (nSPS) is 11.0. The van der Waals surface area contributed by atoms with Crippen molar-refractivity contribution in [3.63, 3.8) is 0 Å². The molecule has 0 amide bonds. The summed E-state index contributed by atoms with van der Waals surface area (Å²) in [4.78, 5) is 16.5. The van der Waals surface area contributed by atoms with Gasteiger partial charge in [0.05, 0.1) is 26.4 Å². The van der Waals surface area contributed by atoms with Crippen LogP contribution in [0.5, 0.6) is 0 Å². The van der Waals surface area contributed by atoms with Crippen molar-refractivity contribution >= 4 is 7.82 Å². The molecule has 0 aromatic rings. The van der Waals surface area contributed by atoms with E-state index in [2.05, 4.69) is 9.84 Å². The Bertz CT molecular complexity index is 208. The molecule has 0 unspecified atom stereocenters. The van der Waals surface area contributed by atoms with Gasteiger partial charge in [0.25, 0.3) is 0 Å². The van der Waals surface area contributed by atoms with Gasteiger partial charge >= 0.3 is 7.82 Å². The second-order valence-corrected chi connectivity index (χ2v) is 4.73. The predicted molar refractivity (Wildman–Crippen MR) is 70.8 cm³/mol. The molecule has 0 saturated heterocycles. The highest BCUT2D eigenvalue weighted by Crippen LogP contribution is 2.35. The fourth-order valence-corrected chi connectivity index (χ4v) is 1.16. The summed E-state index contributed by atoms with van der Waals surface area (Å²) in [6.45, 7) is 4.23. The summed E-state index contributed by atoms with van der Waals surface area (Å²) in [5.74, 6) is 0. The Morgan fingerprint density at radius 1 is 1.05 bits per heavy atom. The third-order valence-corrected chi connectivity index (χ3v) is 2.23. The standard InChI is InChI=1S/C6H15O5P.C4H11NO2/c1-2-3-4-10-5-6-11-12(7,8)9;6-3-1-5-2-4-7/h2-6H2,1H3,(H2,7,8,9);5-7H,1-4H2. The van der Waals surface area contributed by atoms with E-state index in [0.717, 1.165) is 12.8 Å². The molecule has 0 aromatic carbocycles. The number of phosphoric ester groups is 1. The molecule has 0 radical (unpaired) electrons. The van der Waals surface area contributed by atoms with Crippen molar-refractivity contribution in [3.05, 3.63) is 0 Å². The number of aliphatic hydroxyl groups is 2. The third kappa shape index (κ3) is 27.2. The van der Waals surface area contributed by atoms with Crippen LogP contribution < -0.4 is 5.32 Å². The minimum atomic E-state index is -4.30. The molecule has 0 rings (SSSR count). The Hall–Kier alpha value is -0.0500. The average Bonchev–Trinajstić information content (AvgIpc) is 2.34. The first-order valence-corrected chi connectivity index (χ1v) is 7.71. The Balaban J connectivity index is 0. The maximum absolute atomic E-state index is 10.1. The van der Waals surface area contributed by atoms with Crippen LogP contribution in [0.1, 0.15) is 19.8 Å². The maximum atomic E-state index is 10.1. The minimum Gasteiger partial charge on any atom is -0.395 e. The van der Waals surface area contributed by atoms with E-state index in [1.807, 2.05) is 6.92 Å². The second-order valence-electron chi connectivity index (χ2n) is 3.49. The van der Waals surface area contributed by atoms with Crippen LogP contribution in [0.3, 0.4) is 0 Å². The molecule has 8 nitrogen and oxygen atoms in total. The number of unbranched alkanes of at least 4 members (excludes halogenated alkanes) is 1.